The molecule has 0 atom stereocenters. The molecule has 2 aromatic carbocycles. The van der Waals surface area contributed by atoms with Crippen LogP contribution < -0.4 is 0 Å². The number of aryl methyl sites for hydroxylation is 2. The standard InChI is InChI=1S/C12H18O4S.C7H7ClO2S.C5H12O2/c1-10(2)15-8-9-16-17(13,14)12-6-4-11(3)5-7-12;1-6-2-4-7(5-3-6)11(8,9)10;1-5(2)7-4-3-6/h4-7,10H,8-9H2,1-3H3;2-5H,1H3;5-6H,3-4H2,1-2H3. The van der Waals surface area contributed by atoms with Crippen LogP contribution in [0.5, 0.6) is 0 Å². The Kier molecular flexibility index (Phi) is 16.3. The minimum absolute atomic E-state index is 0.0361. The molecule has 8 nitrogen and oxygen atoms in total. The molecule has 2 aromatic rings. The van der Waals surface area contributed by atoms with Crippen LogP contribution in [0.3, 0.4) is 0 Å². The summed E-state index contributed by atoms with van der Waals surface area (Å²) >= 11 is 0. The van der Waals surface area contributed by atoms with Gasteiger partial charge in [0.05, 0.1) is 48.4 Å². The number of hydrogen-bond acceptors (Lipinski definition) is 8. The van der Waals surface area contributed by atoms with Crippen molar-refractivity contribution in [2.24, 2.45) is 0 Å². The third kappa shape index (κ3) is 16.7. The second-order valence-corrected chi connectivity index (χ2v) is 12.1. The van der Waals surface area contributed by atoms with Crippen LogP contribution in [0.15, 0.2) is 58.3 Å². The molecule has 11 heteroatoms. The van der Waals surface area contributed by atoms with E-state index in [-0.39, 0.29) is 41.8 Å². The molecule has 0 amide bonds. The Labute approximate surface area is 214 Å². The van der Waals surface area contributed by atoms with Gasteiger partial charge >= 0.3 is 0 Å². The van der Waals surface area contributed by atoms with Crippen molar-refractivity contribution in [1.82, 2.24) is 0 Å². The summed E-state index contributed by atoms with van der Waals surface area (Å²) < 4.78 is 59.8. The van der Waals surface area contributed by atoms with Crippen molar-refractivity contribution in [1.29, 1.82) is 0 Å². The van der Waals surface area contributed by atoms with Crippen LogP contribution in [0.1, 0.15) is 38.8 Å². The quantitative estimate of drug-likeness (QED) is 0.261. The van der Waals surface area contributed by atoms with Crippen molar-refractivity contribution < 1.29 is 35.6 Å². The van der Waals surface area contributed by atoms with E-state index in [0.717, 1.165) is 11.1 Å². The van der Waals surface area contributed by atoms with Gasteiger partial charge in [-0.1, -0.05) is 35.4 Å². The van der Waals surface area contributed by atoms with Crippen LogP contribution in [0.4, 0.5) is 0 Å². The van der Waals surface area contributed by atoms with Gasteiger partial charge in [-0.2, -0.15) is 8.42 Å². The summed E-state index contributed by atoms with van der Waals surface area (Å²) in [7, 11) is -2.12. The first-order valence-electron chi connectivity index (χ1n) is 11.0. The normalized spacial score (nSPS) is 11.5. The molecule has 0 saturated heterocycles. The topological polar surface area (TPSA) is 116 Å². The zero-order valence-corrected chi connectivity index (χ0v) is 23.5. The van der Waals surface area contributed by atoms with Crippen molar-refractivity contribution in [2.45, 2.75) is 63.5 Å². The molecule has 0 saturated carbocycles. The van der Waals surface area contributed by atoms with E-state index in [0.29, 0.717) is 6.61 Å². The number of ether oxygens (including phenoxy) is 2. The summed E-state index contributed by atoms with van der Waals surface area (Å²) in [6.45, 7) is 12.3. The van der Waals surface area contributed by atoms with Crippen molar-refractivity contribution in [3.05, 3.63) is 59.7 Å². The van der Waals surface area contributed by atoms with E-state index < -0.39 is 19.2 Å². The average Bonchev–Trinajstić information content (AvgIpc) is 2.76. The maximum atomic E-state index is 11.7. The van der Waals surface area contributed by atoms with Crippen LogP contribution in [0, 0.1) is 13.8 Å². The molecule has 0 aliphatic carbocycles. The van der Waals surface area contributed by atoms with Crippen LogP contribution in [0.25, 0.3) is 0 Å². The fraction of sp³-hybridized carbons (Fsp3) is 0.500. The lowest BCUT2D eigenvalue weighted by atomic mass is 10.2. The smallest absolute Gasteiger partial charge is 0.297 e. The molecule has 1 N–H and O–H groups in total. The lowest BCUT2D eigenvalue weighted by molar-refractivity contribution is 0.0494. The summed E-state index contributed by atoms with van der Waals surface area (Å²) in [5.74, 6) is 0. The fourth-order valence-electron chi connectivity index (χ4n) is 2.19. The summed E-state index contributed by atoms with van der Waals surface area (Å²) in [6, 6.07) is 12.9. The molecule has 0 radical (unpaired) electrons. The predicted octanol–water partition coefficient (Wildman–Crippen LogP) is 4.45. The van der Waals surface area contributed by atoms with Gasteiger partial charge in [-0.3, -0.25) is 4.18 Å². The number of benzene rings is 2. The largest absolute Gasteiger partial charge is 0.394 e. The molecule has 0 bridgehead atoms. The zero-order chi connectivity index (χ0) is 27.1. The highest BCUT2D eigenvalue weighted by Gasteiger charge is 2.14. The van der Waals surface area contributed by atoms with Gasteiger partial charge < -0.3 is 14.6 Å². The molecule has 2 rings (SSSR count). The molecular formula is C24H37ClO8S2. The first-order valence-corrected chi connectivity index (χ1v) is 14.7. The van der Waals surface area contributed by atoms with Crippen molar-refractivity contribution in [2.75, 3.05) is 26.4 Å². The molecule has 0 fully saturated rings. The fourth-order valence-corrected chi connectivity index (χ4v) is 3.85. The van der Waals surface area contributed by atoms with Gasteiger partial charge in [-0.25, -0.2) is 8.42 Å². The lowest BCUT2D eigenvalue weighted by Crippen LogP contribution is -2.14. The Balaban J connectivity index is 0.000000550. The second kappa shape index (κ2) is 17.0. The molecule has 200 valence electrons. The van der Waals surface area contributed by atoms with Gasteiger partial charge in [0.15, 0.2) is 0 Å². The van der Waals surface area contributed by atoms with Crippen molar-refractivity contribution >= 4 is 29.9 Å². The van der Waals surface area contributed by atoms with Gasteiger partial charge in [0.2, 0.25) is 0 Å². The minimum atomic E-state index is -3.65. The Bertz CT molecular complexity index is 1030. The van der Waals surface area contributed by atoms with Gasteiger partial charge in [0.1, 0.15) is 0 Å². The molecule has 0 aliphatic rings. The number of hydrogen-bond donors (Lipinski definition) is 1. The number of halogens is 1. The highest BCUT2D eigenvalue weighted by atomic mass is 35.7. The van der Waals surface area contributed by atoms with Gasteiger partial charge in [-0.15, -0.1) is 0 Å². The number of aliphatic hydroxyl groups is 1. The molecule has 0 aromatic heterocycles. The maximum absolute atomic E-state index is 11.7. The summed E-state index contributed by atoms with van der Waals surface area (Å²) in [4.78, 5) is 0.317. The van der Waals surface area contributed by atoms with Crippen molar-refractivity contribution in [3.63, 3.8) is 0 Å². The van der Waals surface area contributed by atoms with E-state index >= 15 is 0 Å². The van der Waals surface area contributed by atoms with Gasteiger partial charge in [-0.05, 0) is 65.8 Å². The van der Waals surface area contributed by atoms with E-state index in [4.69, 9.17) is 29.4 Å². The van der Waals surface area contributed by atoms with Crippen LogP contribution in [-0.4, -0.2) is 60.6 Å². The molecule has 0 aliphatic heterocycles. The van der Waals surface area contributed by atoms with Crippen molar-refractivity contribution in [3.8, 4) is 0 Å². The summed E-state index contributed by atoms with van der Waals surface area (Å²) in [5, 5.41) is 8.19. The third-order valence-electron chi connectivity index (χ3n) is 3.93. The average molecular weight is 553 g/mol. The Hall–Kier alpha value is -1.53. The molecular weight excluding hydrogens is 516 g/mol. The Morgan fingerprint density at radius 1 is 0.714 bits per heavy atom. The van der Waals surface area contributed by atoms with E-state index in [1.165, 1.54) is 24.3 Å². The summed E-state index contributed by atoms with van der Waals surface area (Å²) in [6.07, 6.45) is 0.313. The zero-order valence-electron chi connectivity index (χ0n) is 21.1. The molecule has 0 spiro atoms. The first-order chi connectivity index (χ1) is 16.2. The SMILES string of the molecule is CC(C)OCCO.Cc1ccc(S(=O)(=O)Cl)cc1.Cc1ccc(S(=O)(=O)OCCOC(C)C)cc1. The van der Waals surface area contributed by atoms with E-state index in [1.807, 2.05) is 41.5 Å². The highest BCUT2D eigenvalue weighted by Crippen LogP contribution is 2.14. The summed E-state index contributed by atoms with van der Waals surface area (Å²) in [5.41, 5.74) is 2.01. The Morgan fingerprint density at radius 2 is 1.11 bits per heavy atom. The first kappa shape index (κ1) is 33.5. The number of aliphatic hydroxyl groups excluding tert-OH is 1. The molecule has 35 heavy (non-hydrogen) atoms. The van der Waals surface area contributed by atoms with Crippen LogP contribution >= 0.6 is 10.7 Å². The van der Waals surface area contributed by atoms with E-state index in [9.17, 15) is 16.8 Å². The maximum Gasteiger partial charge on any atom is 0.297 e. The molecule has 0 unspecified atom stereocenters. The monoisotopic (exact) mass is 552 g/mol. The Morgan fingerprint density at radius 3 is 1.46 bits per heavy atom. The van der Waals surface area contributed by atoms with E-state index in [1.54, 1.807) is 24.3 Å². The second-order valence-electron chi connectivity index (χ2n) is 7.90. The highest BCUT2D eigenvalue weighted by molar-refractivity contribution is 8.13. The van der Waals surface area contributed by atoms with E-state index in [2.05, 4.69) is 0 Å². The lowest BCUT2D eigenvalue weighted by Gasteiger charge is -2.08. The molecule has 0 heterocycles. The van der Waals surface area contributed by atoms with Crippen LogP contribution in [0.2, 0.25) is 0 Å². The number of rotatable bonds is 10. The van der Waals surface area contributed by atoms with Crippen LogP contribution in [-0.2, 0) is 32.8 Å². The predicted molar refractivity (Wildman–Crippen MR) is 138 cm³/mol. The minimum Gasteiger partial charge on any atom is -0.394 e. The van der Waals surface area contributed by atoms with Gasteiger partial charge in [0.25, 0.3) is 19.2 Å². The third-order valence-corrected chi connectivity index (χ3v) is 6.62. The van der Waals surface area contributed by atoms with Gasteiger partial charge in [0, 0.05) is 10.7 Å².